The predicted molar refractivity (Wildman–Crippen MR) is 93.7 cm³/mol. The van der Waals surface area contributed by atoms with E-state index in [0.717, 1.165) is 11.3 Å². The highest BCUT2D eigenvalue weighted by Gasteiger charge is 2.56. The van der Waals surface area contributed by atoms with E-state index < -0.39 is 11.4 Å². The molecule has 0 spiro atoms. The molecule has 0 aromatic heterocycles. The second kappa shape index (κ2) is 5.98. The number of hydrogen-bond donors (Lipinski definition) is 2. The summed E-state index contributed by atoms with van der Waals surface area (Å²) in [5, 5.41) is 12.8. The number of hydrogen-bond acceptors (Lipinski definition) is 4. The molecule has 2 fully saturated rings. The number of nitrogens with zero attached hydrogens (tertiary/aromatic N) is 3. The Morgan fingerprint density at radius 2 is 2.12 bits per heavy atom. The van der Waals surface area contributed by atoms with E-state index in [1.54, 1.807) is 16.8 Å². The van der Waals surface area contributed by atoms with Crippen LogP contribution >= 0.6 is 0 Å². The van der Waals surface area contributed by atoms with Crippen LogP contribution in [-0.2, 0) is 16.1 Å². The van der Waals surface area contributed by atoms with E-state index in [1.807, 2.05) is 24.3 Å². The highest BCUT2D eigenvalue weighted by atomic mass is 16.4. The number of carbonyl (C=O) groups excluding carboxylic acids is 2. The third kappa shape index (κ3) is 2.44. The summed E-state index contributed by atoms with van der Waals surface area (Å²) in [6.45, 7) is 2.03. The van der Waals surface area contributed by atoms with Gasteiger partial charge in [0.25, 0.3) is 0 Å². The van der Waals surface area contributed by atoms with E-state index >= 15 is 0 Å². The number of para-hydroxylation sites is 1. The van der Waals surface area contributed by atoms with Crippen molar-refractivity contribution in [3.8, 4) is 0 Å². The van der Waals surface area contributed by atoms with Crippen LogP contribution in [0.15, 0.2) is 24.3 Å². The maximum Gasteiger partial charge on any atom is 0.325 e. The van der Waals surface area contributed by atoms with Crippen molar-refractivity contribution in [2.75, 3.05) is 44.7 Å². The fourth-order valence-electron chi connectivity index (χ4n) is 4.34. The molecule has 2 saturated heterocycles. The molecule has 8 nitrogen and oxygen atoms in total. The number of benzene rings is 1. The molecular formula is C18H22N4O4. The Bertz CT molecular complexity index is 782. The summed E-state index contributed by atoms with van der Waals surface area (Å²) < 4.78 is 0. The zero-order chi connectivity index (χ0) is 18.5. The third-order valence-corrected chi connectivity index (χ3v) is 5.85. The van der Waals surface area contributed by atoms with Gasteiger partial charge in [0.05, 0.1) is 5.69 Å². The molecule has 2 atom stereocenters. The van der Waals surface area contributed by atoms with E-state index in [1.165, 1.54) is 4.90 Å². The summed E-state index contributed by atoms with van der Waals surface area (Å²) >= 11 is 0. The zero-order valence-electron chi connectivity index (χ0n) is 14.6. The molecule has 0 aliphatic carbocycles. The second-order valence-corrected chi connectivity index (χ2v) is 7.42. The number of likely N-dealkylation sites (tertiary alicyclic amines) is 1. The molecule has 4 rings (SSSR count). The Balaban J connectivity index is 1.54. The van der Waals surface area contributed by atoms with Gasteiger partial charge in [-0.25, -0.2) is 4.79 Å². The average molecular weight is 358 g/mol. The maximum absolute atomic E-state index is 12.9. The number of amides is 3. The fraction of sp³-hybridized carbons (Fsp3) is 0.500. The molecule has 3 aliphatic heterocycles. The zero-order valence-corrected chi connectivity index (χ0v) is 14.6. The minimum Gasteiger partial charge on any atom is -0.481 e. The van der Waals surface area contributed by atoms with Gasteiger partial charge in [-0.15, -0.1) is 0 Å². The van der Waals surface area contributed by atoms with Crippen LogP contribution in [0.4, 0.5) is 10.5 Å². The lowest BCUT2D eigenvalue weighted by atomic mass is 9.81. The molecule has 3 aliphatic rings. The number of carboxylic acids is 1. The van der Waals surface area contributed by atoms with Crippen LogP contribution in [-0.4, -0.2) is 72.6 Å². The van der Waals surface area contributed by atoms with Crippen LogP contribution in [0.5, 0.6) is 0 Å². The molecule has 138 valence electrons. The summed E-state index contributed by atoms with van der Waals surface area (Å²) in [6, 6.07) is 7.33. The van der Waals surface area contributed by atoms with Gasteiger partial charge in [0, 0.05) is 45.7 Å². The van der Waals surface area contributed by atoms with Crippen LogP contribution in [0.2, 0.25) is 0 Å². The van der Waals surface area contributed by atoms with Gasteiger partial charge in [-0.2, -0.15) is 0 Å². The first-order valence-corrected chi connectivity index (χ1v) is 8.75. The van der Waals surface area contributed by atoms with Crippen molar-refractivity contribution in [1.82, 2.24) is 15.1 Å². The normalized spacial score (nSPS) is 27.5. The van der Waals surface area contributed by atoms with Gasteiger partial charge in [0.1, 0.15) is 12.0 Å². The van der Waals surface area contributed by atoms with E-state index in [2.05, 4.69) is 5.32 Å². The Hall–Kier alpha value is -2.61. The standard InChI is InChI=1S/C18H22N4O4/c1-20-7-12-4-2-3-5-14(12)22(17(20)26)9-15(23)21-8-13-6-19-10-18(13,11-21)16(24)25/h2-5,13,19H,6-11H2,1H3,(H,24,25)/t13-,18-/m1/s1. The first-order valence-electron chi connectivity index (χ1n) is 8.75. The van der Waals surface area contributed by atoms with Crippen LogP contribution < -0.4 is 10.2 Å². The Labute approximate surface area is 151 Å². The Kier molecular flexibility index (Phi) is 3.87. The quantitative estimate of drug-likeness (QED) is 0.805. The van der Waals surface area contributed by atoms with Crippen molar-refractivity contribution in [2.45, 2.75) is 6.54 Å². The average Bonchev–Trinajstić information content (AvgIpc) is 3.17. The molecule has 3 amide bonds. The smallest absolute Gasteiger partial charge is 0.325 e. The van der Waals surface area contributed by atoms with Gasteiger partial charge in [-0.3, -0.25) is 14.5 Å². The van der Waals surface area contributed by atoms with Crippen molar-refractivity contribution in [3.05, 3.63) is 29.8 Å². The predicted octanol–water partition coefficient (Wildman–Crippen LogP) is 0.191. The number of urea groups is 1. The second-order valence-electron chi connectivity index (χ2n) is 7.42. The molecule has 0 saturated carbocycles. The molecule has 1 aromatic carbocycles. The minimum atomic E-state index is -0.906. The molecule has 1 aromatic rings. The molecule has 26 heavy (non-hydrogen) atoms. The van der Waals surface area contributed by atoms with Crippen molar-refractivity contribution < 1.29 is 19.5 Å². The van der Waals surface area contributed by atoms with Gasteiger partial charge >= 0.3 is 12.0 Å². The summed E-state index contributed by atoms with van der Waals surface area (Å²) in [5.41, 5.74) is 0.834. The summed E-state index contributed by atoms with van der Waals surface area (Å²) in [5.74, 6) is -1.16. The van der Waals surface area contributed by atoms with E-state index in [4.69, 9.17) is 0 Å². The van der Waals surface area contributed by atoms with Crippen molar-refractivity contribution >= 4 is 23.6 Å². The van der Waals surface area contributed by atoms with Crippen LogP contribution in [0, 0.1) is 11.3 Å². The molecule has 3 heterocycles. The molecule has 0 radical (unpaired) electrons. The van der Waals surface area contributed by atoms with Gasteiger partial charge in [-0.05, 0) is 11.6 Å². The number of carbonyl (C=O) groups is 3. The number of nitrogens with one attached hydrogen (secondary N) is 1. The van der Waals surface area contributed by atoms with E-state index in [-0.39, 0.29) is 30.9 Å². The van der Waals surface area contributed by atoms with E-state index in [9.17, 15) is 19.5 Å². The summed E-state index contributed by atoms with van der Waals surface area (Å²) in [4.78, 5) is 41.9. The number of fused-ring (bicyclic) bond motifs is 2. The molecular weight excluding hydrogens is 336 g/mol. The van der Waals surface area contributed by atoms with Gasteiger partial charge in [-0.1, -0.05) is 18.2 Å². The largest absolute Gasteiger partial charge is 0.481 e. The summed E-state index contributed by atoms with van der Waals surface area (Å²) in [6.07, 6.45) is 0. The topological polar surface area (TPSA) is 93.2 Å². The summed E-state index contributed by atoms with van der Waals surface area (Å²) in [7, 11) is 1.71. The SMILES string of the molecule is CN1Cc2ccccc2N(CC(=O)N2C[C@H]3CNC[C@@]3(C(=O)O)C2)C1=O. The minimum absolute atomic E-state index is 0.0734. The van der Waals surface area contributed by atoms with E-state index in [0.29, 0.717) is 26.2 Å². The number of aliphatic carboxylic acids is 1. The lowest BCUT2D eigenvalue weighted by Gasteiger charge is -2.35. The number of carboxylic acid groups (broad SMARTS) is 1. The first kappa shape index (κ1) is 16.8. The lowest BCUT2D eigenvalue weighted by Crippen LogP contribution is -2.50. The Morgan fingerprint density at radius 1 is 1.35 bits per heavy atom. The van der Waals surface area contributed by atoms with Crippen LogP contribution in [0.3, 0.4) is 0 Å². The van der Waals surface area contributed by atoms with Crippen LogP contribution in [0.1, 0.15) is 5.56 Å². The molecule has 8 heteroatoms. The number of anilines is 1. The van der Waals surface area contributed by atoms with Crippen molar-refractivity contribution in [1.29, 1.82) is 0 Å². The van der Waals surface area contributed by atoms with Gasteiger partial charge in [0.15, 0.2) is 0 Å². The highest BCUT2D eigenvalue weighted by molar-refractivity contribution is 6.00. The van der Waals surface area contributed by atoms with Crippen molar-refractivity contribution in [3.63, 3.8) is 0 Å². The van der Waals surface area contributed by atoms with Crippen LogP contribution in [0.25, 0.3) is 0 Å². The molecule has 0 unspecified atom stereocenters. The Morgan fingerprint density at radius 3 is 2.85 bits per heavy atom. The number of rotatable bonds is 3. The van der Waals surface area contributed by atoms with Gasteiger partial charge in [0.2, 0.25) is 5.91 Å². The van der Waals surface area contributed by atoms with Crippen molar-refractivity contribution in [2.24, 2.45) is 11.3 Å². The third-order valence-electron chi connectivity index (χ3n) is 5.85. The molecule has 2 N–H and O–H groups in total. The molecule has 0 bridgehead atoms. The first-order chi connectivity index (χ1) is 12.4. The maximum atomic E-state index is 12.9. The lowest BCUT2D eigenvalue weighted by molar-refractivity contribution is -0.148. The monoisotopic (exact) mass is 358 g/mol. The van der Waals surface area contributed by atoms with Gasteiger partial charge < -0.3 is 20.2 Å². The fourth-order valence-corrected chi connectivity index (χ4v) is 4.34. The highest BCUT2D eigenvalue weighted by Crippen LogP contribution is 2.39.